The minimum absolute atomic E-state index is 0.507. The van der Waals surface area contributed by atoms with Gasteiger partial charge in [0.25, 0.3) is 0 Å². The smallest absolute Gasteiger partial charge is 0.0469 e. The summed E-state index contributed by atoms with van der Waals surface area (Å²) in [7, 11) is 0. The van der Waals surface area contributed by atoms with E-state index in [0.717, 1.165) is 11.0 Å². The van der Waals surface area contributed by atoms with Crippen LogP contribution >= 0.6 is 11.6 Å². The molecule has 0 radical (unpaired) electrons. The zero-order valence-corrected chi connectivity index (χ0v) is 15.4. The largest absolute Gasteiger partial charge is 0.0837 e. The molecule has 4 aliphatic rings. The summed E-state index contributed by atoms with van der Waals surface area (Å²) in [5, 5.41) is 1.08. The molecule has 2 atom stereocenters. The Hall–Kier alpha value is -0.750. The molecule has 4 rings (SSSR count). The molecule has 0 bridgehead atoms. The summed E-state index contributed by atoms with van der Waals surface area (Å²) in [6.45, 7) is 4.46. The maximum atomic E-state index is 6.88. The Morgan fingerprint density at radius 1 is 1.13 bits per heavy atom. The monoisotopic (exact) mass is 328 g/mol. The van der Waals surface area contributed by atoms with Crippen molar-refractivity contribution < 1.29 is 0 Å². The molecule has 0 aliphatic heterocycles. The van der Waals surface area contributed by atoms with Crippen molar-refractivity contribution >= 4 is 11.6 Å². The van der Waals surface area contributed by atoms with Crippen molar-refractivity contribution in [2.45, 2.75) is 71.6 Å². The van der Waals surface area contributed by atoms with Gasteiger partial charge in [0, 0.05) is 5.03 Å². The summed E-state index contributed by atoms with van der Waals surface area (Å²) in [6, 6.07) is 0. The third kappa shape index (κ3) is 2.32. The summed E-state index contributed by atoms with van der Waals surface area (Å²) in [5.41, 5.74) is 6.51. The Bertz CT molecular complexity index is 622. The molecule has 1 heteroatoms. The van der Waals surface area contributed by atoms with E-state index in [1.807, 2.05) is 0 Å². The van der Waals surface area contributed by atoms with E-state index in [2.05, 4.69) is 32.1 Å². The lowest BCUT2D eigenvalue weighted by Gasteiger charge is -2.55. The van der Waals surface area contributed by atoms with Gasteiger partial charge in [-0.05, 0) is 86.3 Å². The highest BCUT2D eigenvalue weighted by molar-refractivity contribution is 6.32. The molecule has 0 aromatic carbocycles. The van der Waals surface area contributed by atoms with Crippen LogP contribution in [-0.2, 0) is 0 Å². The van der Waals surface area contributed by atoms with Crippen LogP contribution in [0.25, 0.3) is 0 Å². The molecule has 0 amide bonds. The molecule has 4 aliphatic carbocycles. The van der Waals surface area contributed by atoms with Crippen molar-refractivity contribution in [3.8, 4) is 0 Å². The third-order valence-electron chi connectivity index (χ3n) is 7.18. The van der Waals surface area contributed by atoms with Crippen LogP contribution in [0.3, 0.4) is 0 Å². The van der Waals surface area contributed by atoms with Crippen LogP contribution < -0.4 is 0 Å². The molecule has 0 aromatic heterocycles. The number of hydrogen-bond donors (Lipinski definition) is 0. The molecular weight excluding hydrogens is 300 g/mol. The maximum absolute atomic E-state index is 6.88. The van der Waals surface area contributed by atoms with Crippen molar-refractivity contribution in [1.29, 1.82) is 0 Å². The van der Waals surface area contributed by atoms with Gasteiger partial charge in [-0.15, -0.1) is 0 Å². The van der Waals surface area contributed by atoms with Gasteiger partial charge >= 0.3 is 0 Å². The van der Waals surface area contributed by atoms with Crippen LogP contribution in [0.15, 0.2) is 45.6 Å². The summed E-state index contributed by atoms with van der Waals surface area (Å²) in [6.07, 6.45) is 19.4. The predicted molar refractivity (Wildman–Crippen MR) is 99.4 cm³/mol. The van der Waals surface area contributed by atoms with Gasteiger partial charge < -0.3 is 0 Å². The Labute approximate surface area is 146 Å². The van der Waals surface area contributed by atoms with E-state index in [0.29, 0.717) is 11.3 Å². The Morgan fingerprint density at radius 3 is 2.65 bits per heavy atom. The number of allylic oxidation sites excluding steroid dienone is 8. The first-order valence-corrected chi connectivity index (χ1v) is 9.99. The summed E-state index contributed by atoms with van der Waals surface area (Å²) < 4.78 is 0. The molecule has 2 unspecified atom stereocenters. The second-order valence-electron chi connectivity index (χ2n) is 8.09. The molecule has 1 spiro atoms. The topological polar surface area (TPSA) is 0 Å². The van der Waals surface area contributed by atoms with Gasteiger partial charge in [0.15, 0.2) is 0 Å². The molecular formula is C22H29Cl. The van der Waals surface area contributed by atoms with E-state index in [9.17, 15) is 0 Å². The van der Waals surface area contributed by atoms with Gasteiger partial charge in [-0.2, -0.15) is 0 Å². The second kappa shape index (κ2) is 5.96. The molecule has 0 heterocycles. The fourth-order valence-electron chi connectivity index (χ4n) is 6.08. The van der Waals surface area contributed by atoms with Gasteiger partial charge in [0.2, 0.25) is 0 Å². The maximum Gasteiger partial charge on any atom is 0.0469 e. The van der Waals surface area contributed by atoms with Crippen molar-refractivity contribution in [3.63, 3.8) is 0 Å². The van der Waals surface area contributed by atoms with E-state index in [4.69, 9.17) is 11.6 Å². The minimum atomic E-state index is 0.507. The second-order valence-corrected chi connectivity index (χ2v) is 8.46. The molecule has 0 N–H and O–H groups in total. The number of halogens is 1. The molecule has 0 aromatic rings. The van der Waals surface area contributed by atoms with Crippen molar-refractivity contribution in [1.82, 2.24) is 0 Å². The molecule has 1 saturated carbocycles. The zero-order chi connectivity index (χ0) is 16.0. The van der Waals surface area contributed by atoms with Crippen LogP contribution in [-0.4, -0.2) is 0 Å². The average molecular weight is 329 g/mol. The van der Waals surface area contributed by atoms with Crippen molar-refractivity contribution in [2.24, 2.45) is 17.3 Å². The number of hydrogen-bond acceptors (Lipinski definition) is 0. The first-order valence-electron chi connectivity index (χ1n) is 9.61. The molecule has 23 heavy (non-hydrogen) atoms. The lowest BCUT2D eigenvalue weighted by Crippen LogP contribution is -2.46. The summed E-state index contributed by atoms with van der Waals surface area (Å²) in [5.74, 6) is 1.50. The highest BCUT2D eigenvalue weighted by atomic mass is 35.5. The first kappa shape index (κ1) is 15.8. The minimum Gasteiger partial charge on any atom is -0.0837 e. The Balaban J connectivity index is 1.91. The molecule has 0 nitrogen and oxygen atoms in total. The van der Waals surface area contributed by atoms with Crippen LogP contribution in [0, 0.1) is 17.3 Å². The number of fused-ring (bicyclic) bond motifs is 4. The molecule has 0 saturated heterocycles. The van der Waals surface area contributed by atoms with Crippen LogP contribution in [0.5, 0.6) is 0 Å². The Morgan fingerprint density at radius 2 is 1.91 bits per heavy atom. The summed E-state index contributed by atoms with van der Waals surface area (Å²) >= 11 is 6.88. The third-order valence-corrected chi connectivity index (χ3v) is 7.64. The Kier molecular flexibility index (Phi) is 4.08. The number of rotatable bonds is 0. The normalized spacial score (nSPS) is 34.8. The van der Waals surface area contributed by atoms with Gasteiger partial charge in [-0.1, -0.05) is 54.7 Å². The fourth-order valence-corrected chi connectivity index (χ4v) is 6.47. The zero-order valence-electron chi connectivity index (χ0n) is 14.6. The van der Waals surface area contributed by atoms with Crippen LogP contribution in [0.1, 0.15) is 71.6 Å². The van der Waals surface area contributed by atoms with Crippen molar-refractivity contribution in [2.75, 3.05) is 0 Å². The molecule has 124 valence electrons. The van der Waals surface area contributed by atoms with E-state index in [1.165, 1.54) is 74.5 Å². The quantitative estimate of drug-likeness (QED) is 0.445. The SMILES string of the molecule is C/C=C1\CCC2C(=C1Cl)C=C1C(C)=CCCC1C21CCCCC1. The van der Waals surface area contributed by atoms with E-state index < -0.39 is 0 Å². The van der Waals surface area contributed by atoms with E-state index in [1.54, 1.807) is 5.57 Å². The van der Waals surface area contributed by atoms with Crippen molar-refractivity contribution in [3.05, 3.63) is 45.6 Å². The van der Waals surface area contributed by atoms with Crippen LogP contribution in [0.2, 0.25) is 0 Å². The highest BCUT2D eigenvalue weighted by Crippen LogP contribution is 2.62. The fraction of sp³-hybridized carbons (Fsp3) is 0.636. The van der Waals surface area contributed by atoms with Gasteiger partial charge in [0.05, 0.1) is 0 Å². The van der Waals surface area contributed by atoms with Gasteiger partial charge in [-0.3, -0.25) is 0 Å². The average Bonchev–Trinajstić information content (AvgIpc) is 2.58. The standard InChI is InChI=1S/C22H29Cl/c1-3-16-10-11-20-18(21(16)23)14-17-15(2)8-7-9-19(17)22(20)12-5-4-6-13-22/h3,8,14,19-20H,4-7,9-13H2,1-2H3/b16-3+. The van der Waals surface area contributed by atoms with Gasteiger partial charge in [0.1, 0.15) is 0 Å². The first-order chi connectivity index (χ1) is 11.2. The summed E-state index contributed by atoms with van der Waals surface area (Å²) in [4.78, 5) is 0. The highest BCUT2D eigenvalue weighted by Gasteiger charge is 2.52. The van der Waals surface area contributed by atoms with Gasteiger partial charge in [-0.25, -0.2) is 0 Å². The predicted octanol–water partition coefficient (Wildman–Crippen LogP) is 7.08. The van der Waals surface area contributed by atoms with Crippen LogP contribution in [0.4, 0.5) is 0 Å². The lowest BCUT2D eigenvalue weighted by molar-refractivity contribution is 0.0424. The van der Waals surface area contributed by atoms with E-state index >= 15 is 0 Å². The lowest BCUT2D eigenvalue weighted by atomic mass is 9.49. The van der Waals surface area contributed by atoms with E-state index in [-0.39, 0.29) is 0 Å². The molecule has 1 fully saturated rings.